The Hall–Kier alpha value is -2.44. The van der Waals surface area contributed by atoms with Gasteiger partial charge < -0.3 is 14.4 Å². The van der Waals surface area contributed by atoms with Crippen molar-refractivity contribution < 1.29 is 14.3 Å². The van der Waals surface area contributed by atoms with Crippen molar-refractivity contribution in [3.05, 3.63) is 48.3 Å². The Kier molecular flexibility index (Phi) is 4.86. The fourth-order valence-electron chi connectivity index (χ4n) is 3.69. The molecule has 6 heteroatoms. The lowest BCUT2D eigenvalue weighted by molar-refractivity contribution is -0.0394. The van der Waals surface area contributed by atoms with Crippen LogP contribution in [0.5, 0.6) is 5.75 Å². The van der Waals surface area contributed by atoms with Crippen molar-refractivity contribution in [2.45, 2.75) is 6.04 Å². The maximum absolute atomic E-state index is 12.9. The van der Waals surface area contributed by atoms with Crippen LogP contribution in [-0.2, 0) is 4.74 Å². The van der Waals surface area contributed by atoms with E-state index in [-0.39, 0.29) is 5.91 Å². The first-order chi connectivity index (χ1) is 12.8. The molecular formula is C20H23N3O3. The first-order valence-electron chi connectivity index (χ1n) is 8.96. The lowest BCUT2D eigenvalue weighted by atomic mass is 10.0. The lowest BCUT2D eigenvalue weighted by Gasteiger charge is -2.43. The third-order valence-corrected chi connectivity index (χ3v) is 5.17. The molecule has 2 fully saturated rings. The summed E-state index contributed by atoms with van der Waals surface area (Å²) in [7, 11) is 1.63. The average molecular weight is 353 g/mol. The Bertz CT molecular complexity index is 778. The number of methoxy groups -OCH3 is 1. The molecule has 1 aromatic carbocycles. The van der Waals surface area contributed by atoms with Gasteiger partial charge in [0.25, 0.3) is 5.91 Å². The zero-order valence-corrected chi connectivity index (χ0v) is 14.9. The zero-order valence-electron chi connectivity index (χ0n) is 14.9. The number of fused-ring (bicyclic) bond motifs is 1. The van der Waals surface area contributed by atoms with E-state index in [0.29, 0.717) is 18.2 Å². The van der Waals surface area contributed by atoms with E-state index in [9.17, 15) is 4.79 Å². The van der Waals surface area contributed by atoms with Crippen molar-refractivity contribution in [2.24, 2.45) is 0 Å². The number of benzene rings is 1. The third-order valence-electron chi connectivity index (χ3n) is 5.17. The molecule has 0 saturated carbocycles. The van der Waals surface area contributed by atoms with Gasteiger partial charge in [-0.2, -0.15) is 0 Å². The largest absolute Gasteiger partial charge is 0.494 e. The second-order valence-electron chi connectivity index (χ2n) is 6.67. The van der Waals surface area contributed by atoms with Crippen LogP contribution in [0.3, 0.4) is 0 Å². The minimum Gasteiger partial charge on any atom is -0.494 e. The van der Waals surface area contributed by atoms with Crippen LogP contribution in [0.1, 0.15) is 10.4 Å². The summed E-state index contributed by atoms with van der Waals surface area (Å²) >= 11 is 0. The summed E-state index contributed by atoms with van der Waals surface area (Å²) < 4.78 is 10.9. The number of morpholine rings is 1. The summed E-state index contributed by atoms with van der Waals surface area (Å²) in [5, 5.41) is 0. The molecule has 2 aromatic rings. The Labute approximate surface area is 153 Å². The monoisotopic (exact) mass is 353 g/mol. The van der Waals surface area contributed by atoms with Crippen molar-refractivity contribution in [2.75, 3.05) is 46.5 Å². The van der Waals surface area contributed by atoms with Crippen LogP contribution in [-0.4, -0.2) is 73.2 Å². The first kappa shape index (κ1) is 17.0. The first-order valence-corrected chi connectivity index (χ1v) is 8.96. The molecule has 3 heterocycles. The lowest BCUT2D eigenvalue weighted by Crippen LogP contribution is -2.59. The Morgan fingerprint density at radius 1 is 1.19 bits per heavy atom. The highest BCUT2D eigenvalue weighted by atomic mass is 16.5. The van der Waals surface area contributed by atoms with E-state index in [2.05, 4.69) is 9.88 Å². The number of hydrogen-bond donors (Lipinski definition) is 0. The Balaban J connectivity index is 1.49. The van der Waals surface area contributed by atoms with Crippen LogP contribution in [0.2, 0.25) is 0 Å². The summed E-state index contributed by atoms with van der Waals surface area (Å²) in [5.41, 5.74) is 2.69. The van der Waals surface area contributed by atoms with Gasteiger partial charge in [-0.25, -0.2) is 0 Å². The molecule has 26 heavy (non-hydrogen) atoms. The number of nitrogens with zero attached hydrogens (tertiary/aromatic N) is 3. The number of piperazine rings is 1. The highest BCUT2D eigenvalue weighted by molar-refractivity contribution is 5.95. The fourth-order valence-corrected chi connectivity index (χ4v) is 3.69. The van der Waals surface area contributed by atoms with Crippen molar-refractivity contribution in [3.8, 4) is 16.9 Å². The Morgan fingerprint density at radius 3 is 2.85 bits per heavy atom. The molecular weight excluding hydrogens is 330 g/mol. The predicted molar refractivity (Wildman–Crippen MR) is 98.3 cm³/mol. The van der Waals surface area contributed by atoms with Crippen LogP contribution < -0.4 is 4.74 Å². The van der Waals surface area contributed by atoms with E-state index < -0.39 is 0 Å². The van der Waals surface area contributed by atoms with Gasteiger partial charge in [-0.1, -0.05) is 12.1 Å². The smallest absolute Gasteiger partial charge is 0.253 e. The van der Waals surface area contributed by atoms with Crippen LogP contribution in [0, 0.1) is 0 Å². The Morgan fingerprint density at radius 2 is 2.04 bits per heavy atom. The number of pyridine rings is 1. The van der Waals surface area contributed by atoms with E-state index in [4.69, 9.17) is 9.47 Å². The standard InChI is InChI=1S/C20H23N3O3/c1-25-19-12-21-7-6-18(19)15-2-4-16(5-3-15)20(24)23-9-8-22-10-11-26-14-17(22)13-23/h2-7,12,17H,8-11,13-14H2,1H3. The minimum atomic E-state index is 0.0865. The van der Waals surface area contributed by atoms with E-state index >= 15 is 0 Å². The number of carbonyl (C=O) groups is 1. The molecule has 136 valence electrons. The predicted octanol–water partition coefficient (Wildman–Crippen LogP) is 1.91. The molecule has 0 bridgehead atoms. The maximum Gasteiger partial charge on any atom is 0.253 e. The van der Waals surface area contributed by atoms with Crippen molar-refractivity contribution in [3.63, 3.8) is 0 Å². The van der Waals surface area contributed by atoms with E-state index in [1.54, 1.807) is 19.5 Å². The second-order valence-corrected chi connectivity index (χ2v) is 6.67. The van der Waals surface area contributed by atoms with Gasteiger partial charge in [-0.3, -0.25) is 14.7 Å². The molecule has 1 unspecified atom stereocenters. The summed E-state index contributed by atoms with van der Waals surface area (Å²) in [6, 6.07) is 9.94. The molecule has 0 spiro atoms. The van der Waals surface area contributed by atoms with Crippen LogP contribution >= 0.6 is 0 Å². The van der Waals surface area contributed by atoms with Crippen LogP contribution in [0.4, 0.5) is 0 Å². The minimum absolute atomic E-state index is 0.0865. The molecule has 2 aliphatic rings. The van der Waals surface area contributed by atoms with Gasteiger partial charge in [-0.05, 0) is 23.8 Å². The summed E-state index contributed by atoms with van der Waals surface area (Å²) in [6.45, 7) is 4.91. The number of amides is 1. The molecule has 4 rings (SSSR count). The van der Waals surface area contributed by atoms with Gasteiger partial charge in [0.05, 0.1) is 32.6 Å². The van der Waals surface area contributed by atoms with Crippen molar-refractivity contribution in [1.29, 1.82) is 0 Å². The third kappa shape index (κ3) is 3.30. The van der Waals surface area contributed by atoms with Gasteiger partial charge in [0.1, 0.15) is 5.75 Å². The van der Waals surface area contributed by atoms with E-state index in [1.165, 1.54) is 0 Å². The fraction of sp³-hybridized carbons (Fsp3) is 0.400. The average Bonchev–Trinajstić information content (AvgIpc) is 2.73. The molecule has 1 atom stereocenters. The number of hydrogen-bond acceptors (Lipinski definition) is 5. The second kappa shape index (κ2) is 7.43. The maximum atomic E-state index is 12.9. The number of rotatable bonds is 3. The summed E-state index contributed by atoms with van der Waals surface area (Å²) in [4.78, 5) is 21.3. The number of aromatic nitrogens is 1. The zero-order chi connectivity index (χ0) is 17.9. The molecule has 0 radical (unpaired) electrons. The SMILES string of the molecule is COc1cnccc1-c1ccc(C(=O)N2CCN3CCOCC3C2)cc1. The highest BCUT2D eigenvalue weighted by Gasteiger charge is 2.31. The van der Waals surface area contributed by atoms with Crippen LogP contribution in [0.15, 0.2) is 42.7 Å². The van der Waals surface area contributed by atoms with Crippen LogP contribution in [0.25, 0.3) is 11.1 Å². The topological polar surface area (TPSA) is 54.9 Å². The van der Waals surface area contributed by atoms with E-state index in [1.807, 2.05) is 35.2 Å². The normalized spacial score (nSPS) is 20.5. The summed E-state index contributed by atoms with van der Waals surface area (Å²) in [5.74, 6) is 0.809. The van der Waals surface area contributed by atoms with E-state index in [0.717, 1.165) is 49.7 Å². The molecule has 1 amide bonds. The molecule has 0 N–H and O–H groups in total. The molecule has 2 saturated heterocycles. The molecule has 2 aliphatic heterocycles. The quantitative estimate of drug-likeness (QED) is 0.844. The van der Waals surface area contributed by atoms with Crippen molar-refractivity contribution >= 4 is 5.91 Å². The van der Waals surface area contributed by atoms with Gasteiger partial charge in [0, 0.05) is 43.5 Å². The highest BCUT2D eigenvalue weighted by Crippen LogP contribution is 2.29. The number of ether oxygens (including phenoxy) is 2. The summed E-state index contributed by atoms with van der Waals surface area (Å²) in [6.07, 6.45) is 3.43. The van der Waals surface area contributed by atoms with Gasteiger partial charge in [0.15, 0.2) is 0 Å². The molecule has 1 aromatic heterocycles. The van der Waals surface area contributed by atoms with Crippen molar-refractivity contribution in [1.82, 2.24) is 14.8 Å². The number of carbonyl (C=O) groups excluding carboxylic acids is 1. The van der Waals surface area contributed by atoms with Gasteiger partial charge in [0.2, 0.25) is 0 Å². The molecule has 0 aliphatic carbocycles. The van der Waals surface area contributed by atoms with Gasteiger partial charge in [-0.15, -0.1) is 0 Å². The van der Waals surface area contributed by atoms with Gasteiger partial charge >= 0.3 is 0 Å². The molecule has 6 nitrogen and oxygen atoms in total.